The van der Waals surface area contributed by atoms with Gasteiger partial charge in [0.05, 0.1) is 18.6 Å². The maximum absolute atomic E-state index is 12.9. The fourth-order valence-electron chi connectivity index (χ4n) is 11.2. The van der Waals surface area contributed by atoms with Crippen molar-refractivity contribution in [2.75, 3.05) is 14.2 Å². The number of rotatable bonds is 2. The van der Waals surface area contributed by atoms with E-state index in [1.165, 1.54) is 57.8 Å². The summed E-state index contributed by atoms with van der Waals surface area (Å²) in [6.45, 7) is 10.3. The molecule has 0 spiro atoms. The van der Waals surface area contributed by atoms with Gasteiger partial charge < -0.3 is 9.47 Å². The van der Waals surface area contributed by atoms with Crippen LogP contribution in [0.3, 0.4) is 0 Å². The highest BCUT2D eigenvalue weighted by Crippen LogP contribution is 2.73. The molecule has 31 heavy (non-hydrogen) atoms. The predicted molar refractivity (Wildman–Crippen MR) is 123 cm³/mol. The Labute approximate surface area is 190 Å². The Morgan fingerprint density at radius 1 is 0.742 bits per heavy atom. The summed E-state index contributed by atoms with van der Waals surface area (Å²) in [5, 5.41) is 0. The molecule has 9 unspecified atom stereocenters. The van der Waals surface area contributed by atoms with Crippen molar-refractivity contribution in [2.45, 2.75) is 104 Å². The maximum atomic E-state index is 12.9. The van der Waals surface area contributed by atoms with Gasteiger partial charge in [-0.1, -0.05) is 34.1 Å². The van der Waals surface area contributed by atoms with Gasteiger partial charge in [0, 0.05) is 7.11 Å². The number of fused-ring (bicyclic) bond motifs is 7. The Bertz CT molecular complexity index is 730. The number of carbonyl (C=O) groups is 1. The van der Waals surface area contributed by atoms with Crippen molar-refractivity contribution in [3.63, 3.8) is 0 Å². The summed E-state index contributed by atoms with van der Waals surface area (Å²) in [4.78, 5) is 12.9. The summed E-state index contributed by atoms with van der Waals surface area (Å²) in [7, 11) is 3.53. The lowest BCUT2D eigenvalue weighted by atomic mass is 9.36. The molecule has 5 saturated carbocycles. The zero-order chi connectivity index (χ0) is 22.2. The van der Waals surface area contributed by atoms with Crippen LogP contribution in [0.15, 0.2) is 0 Å². The molecule has 0 saturated heterocycles. The van der Waals surface area contributed by atoms with Crippen LogP contribution >= 0.6 is 0 Å². The normalized spacial score (nSPS) is 53.0. The first-order valence-electron chi connectivity index (χ1n) is 13.3. The fourth-order valence-corrected chi connectivity index (χ4v) is 11.2. The number of methoxy groups -OCH3 is 2. The summed E-state index contributed by atoms with van der Waals surface area (Å²) in [5.74, 6) is 3.80. The second-order valence-corrected chi connectivity index (χ2v) is 13.3. The van der Waals surface area contributed by atoms with Gasteiger partial charge in [-0.25, -0.2) is 0 Å². The Balaban J connectivity index is 1.46. The van der Waals surface area contributed by atoms with Gasteiger partial charge in [0.2, 0.25) is 0 Å². The molecule has 0 radical (unpaired) electrons. The van der Waals surface area contributed by atoms with E-state index >= 15 is 0 Å². The number of ether oxygens (including phenoxy) is 2. The van der Waals surface area contributed by atoms with Crippen molar-refractivity contribution >= 4 is 5.97 Å². The smallest absolute Gasteiger partial charge is 0.312 e. The van der Waals surface area contributed by atoms with E-state index < -0.39 is 0 Å². The number of hydrogen-bond donors (Lipinski definition) is 0. The minimum Gasteiger partial charge on any atom is -0.469 e. The van der Waals surface area contributed by atoms with Crippen LogP contribution < -0.4 is 0 Å². The average molecular weight is 431 g/mol. The first-order valence-corrected chi connectivity index (χ1v) is 13.3. The van der Waals surface area contributed by atoms with E-state index in [0.29, 0.717) is 22.9 Å². The van der Waals surface area contributed by atoms with Gasteiger partial charge in [0.15, 0.2) is 0 Å². The highest BCUT2D eigenvalue weighted by molar-refractivity contribution is 5.77. The van der Waals surface area contributed by atoms with Gasteiger partial charge in [0.25, 0.3) is 0 Å². The third kappa shape index (κ3) is 2.77. The number of esters is 1. The van der Waals surface area contributed by atoms with Gasteiger partial charge >= 0.3 is 5.97 Å². The first kappa shape index (κ1) is 22.2. The van der Waals surface area contributed by atoms with Crippen molar-refractivity contribution in [1.29, 1.82) is 0 Å². The van der Waals surface area contributed by atoms with Gasteiger partial charge in [-0.2, -0.15) is 0 Å². The lowest BCUT2D eigenvalue weighted by molar-refractivity contribution is -0.219. The van der Waals surface area contributed by atoms with E-state index in [1.807, 2.05) is 7.11 Å². The van der Waals surface area contributed by atoms with E-state index in [9.17, 15) is 4.79 Å². The first-order chi connectivity index (χ1) is 14.6. The molecule has 3 nitrogen and oxygen atoms in total. The Morgan fingerprint density at radius 2 is 1.48 bits per heavy atom. The largest absolute Gasteiger partial charge is 0.469 e. The van der Waals surface area contributed by atoms with E-state index in [4.69, 9.17) is 9.47 Å². The molecular weight excluding hydrogens is 384 g/mol. The molecule has 5 aliphatic carbocycles. The van der Waals surface area contributed by atoms with Crippen LogP contribution in [-0.2, 0) is 14.3 Å². The summed E-state index contributed by atoms with van der Waals surface area (Å²) < 4.78 is 11.4. The highest BCUT2D eigenvalue weighted by atomic mass is 16.5. The Kier molecular flexibility index (Phi) is 5.17. The van der Waals surface area contributed by atoms with Crippen LogP contribution in [0, 0.1) is 51.2 Å². The molecule has 5 aliphatic rings. The summed E-state index contributed by atoms with van der Waals surface area (Å²) in [5.41, 5.74) is 0.981. The van der Waals surface area contributed by atoms with Gasteiger partial charge in [0.1, 0.15) is 0 Å². The Morgan fingerprint density at radius 3 is 2.19 bits per heavy atom. The topological polar surface area (TPSA) is 35.5 Å². The molecule has 0 heterocycles. The minimum absolute atomic E-state index is 0.107. The molecule has 5 fully saturated rings. The number of carbonyl (C=O) groups excluding carboxylic acids is 1. The maximum Gasteiger partial charge on any atom is 0.312 e. The molecule has 0 bridgehead atoms. The fraction of sp³-hybridized carbons (Fsp3) is 0.964. The summed E-state index contributed by atoms with van der Waals surface area (Å²) in [6.07, 6.45) is 14.2. The second kappa shape index (κ2) is 7.21. The van der Waals surface area contributed by atoms with Crippen LogP contribution in [0.1, 0.15) is 98.3 Å². The molecule has 0 aromatic rings. The van der Waals surface area contributed by atoms with Crippen molar-refractivity contribution in [3.05, 3.63) is 0 Å². The highest BCUT2D eigenvalue weighted by Gasteiger charge is 2.67. The van der Waals surface area contributed by atoms with Crippen LogP contribution in [-0.4, -0.2) is 26.3 Å². The van der Waals surface area contributed by atoms with E-state index in [2.05, 4.69) is 27.7 Å². The minimum atomic E-state index is -0.154. The monoisotopic (exact) mass is 430 g/mol. The van der Waals surface area contributed by atoms with Crippen LogP contribution in [0.5, 0.6) is 0 Å². The zero-order valence-corrected chi connectivity index (χ0v) is 21.0. The van der Waals surface area contributed by atoms with Gasteiger partial charge in [-0.05, 0) is 110 Å². The van der Waals surface area contributed by atoms with Crippen molar-refractivity contribution in [1.82, 2.24) is 0 Å². The van der Waals surface area contributed by atoms with Gasteiger partial charge in [-0.15, -0.1) is 0 Å². The third-order valence-electron chi connectivity index (χ3n) is 12.3. The third-order valence-corrected chi connectivity index (χ3v) is 12.3. The predicted octanol–water partition coefficient (Wildman–Crippen LogP) is 6.64. The quantitative estimate of drug-likeness (QED) is 0.461. The molecule has 0 N–H and O–H groups in total. The zero-order valence-electron chi connectivity index (χ0n) is 21.0. The SMILES string of the molecule is COC(=O)C12CCCC1C1CCC3C(C)(CCC4C(C)(C)C(OC)CCC43C)C1CC2. The van der Waals surface area contributed by atoms with Crippen molar-refractivity contribution in [2.24, 2.45) is 51.2 Å². The molecule has 0 aromatic heterocycles. The van der Waals surface area contributed by atoms with E-state index in [-0.39, 0.29) is 16.8 Å². The molecule has 0 amide bonds. The lowest BCUT2D eigenvalue weighted by Gasteiger charge is -2.69. The molecule has 9 atom stereocenters. The van der Waals surface area contributed by atoms with Crippen LogP contribution in [0.25, 0.3) is 0 Å². The molecule has 176 valence electrons. The van der Waals surface area contributed by atoms with Crippen molar-refractivity contribution < 1.29 is 14.3 Å². The standard InChI is InChI=1S/C28H46O3/c1-25(2)21-12-15-26(3)19-11-17-28(24(29)31-6)14-7-8-20(28)18(19)9-10-22(26)27(21,4)16-13-23(25)30-5/h18-23H,7-17H2,1-6H3. The molecule has 3 heteroatoms. The van der Waals surface area contributed by atoms with Crippen LogP contribution in [0.2, 0.25) is 0 Å². The summed E-state index contributed by atoms with van der Waals surface area (Å²) in [6, 6.07) is 0. The molecule has 5 rings (SSSR count). The summed E-state index contributed by atoms with van der Waals surface area (Å²) >= 11 is 0. The van der Waals surface area contributed by atoms with Crippen molar-refractivity contribution in [3.8, 4) is 0 Å². The lowest BCUT2D eigenvalue weighted by Crippen LogP contribution is -2.63. The van der Waals surface area contributed by atoms with Crippen LogP contribution in [0.4, 0.5) is 0 Å². The van der Waals surface area contributed by atoms with E-state index in [0.717, 1.165) is 36.5 Å². The number of hydrogen-bond acceptors (Lipinski definition) is 3. The Hall–Kier alpha value is -0.570. The van der Waals surface area contributed by atoms with Gasteiger partial charge in [-0.3, -0.25) is 4.79 Å². The average Bonchev–Trinajstić information content (AvgIpc) is 3.18. The molecule has 0 aliphatic heterocycles. The van der Waals surface area contributed by atoms with E-state index in [1.54, 1.807) is 7.11 Å². The second-order valence-electron chi connectivity index (χ2n) is 13.3. The molecular formula is C28H46O3. The molecule has 0 aromatic carbocycles.